The monoisotopic (exact) mass is 434 g/mol. The first kappa shape index (κ1) is 19.9. The maximum absolute atomic E-state index is 13.0. The van der Waals surface area contributed by atoms with Gasteiger partial charge < -0.3 is 10.2 Å². The summed E-state index contributed by atoms with van der Waals surface area (Å²) >= 11 is 3.49. The molecule has 0 saturated heterocycles. The molecular weight excluding hydrogens is 412 g/mol. The highest BCUT2D eigenvalue weighted by Gasteiger charge is 2.16. The van der Waals surface area contributed by atoms with Gasteiger partial charge in [-0.05, 0) is 46.1 Å². The SMILES string of the molecule is C/C(=C\c1ccccc1)CN(Cc1ccccc1)C(=O)Nc1ccccc1Br. The van der Waals surface area contributed by atoms with Crippen LogP contribution in [0, 0.1) is 0 Å². The summed E-state index contributed by atoms with van der Waals surface area (Å²) in [6.45, 7) is 3.13. The Morgan fingerprint density at radius 2 is 1.54 bits per heavy atom. The molecule has 1 N–H and O–H groups in total. The van der Waals surface area contributed by atoms with Crippen LogP contribution in [-0.4, -0.2) is 17.5 Å². The molecule has 0 saturated carbocycles. The van der Waals surface area contributed by atoms with E-state index < -0.39 is 0 Å². The van der Waals surface area contributed by atoms with Gasteiger partial charge in [0.05, 0.1) is 5.69 Å². The Labute approximate surface area is 174 Å². The van der Waals surface area contributed by atoms with Gasteiger partial charge >= 0.3 is 6.03 Å². The number of para-hydroxylation sites is 1. The standard InChI is InChI=1S/C24H23BrN2O/c1-19(16-20-10-4-2-5-11-20)17-27(18-21-12-6-3-7-13-21)24(28)26-23-15-9-8-14-22(23)25/h2-16H,17-18H2,1H3,(H,26,28)/b19-16+. The Balaban J connectivity index is 1.79. The zero-order valence-electron chi connectivity index (χ0n) is 15.8. The lowest BCUT2D eigenvalue weighted by Crippen LogP contribution is -2.35. The molecule has 3 rings (SSSR count). The van der Waals surface area contributed by atoms with Crippen molar-refractivity contribution in [2.24, 2.45) is 0 Å². The smallest absolute Gasteiger partial charge is 0.316 e. The van der Waals surface area contributed by atoms with Crippen LogP contribution in [0.15, 0.2) is 95.0 Å². The lowest BCUT2D eigenvalue weighted by molar-refractivity contribution is 0.214. The van der Waals surface area contributed by atoms with Crippen LogP contribution >= 0.6 is 15.9 Å². The second-order valence-electron chi connectivity index (χ2n) is 6.65. The quantitative estimate of drug-likeness (QED) is 0.466. The second-order valence-corrected chi connectivity index (χ2v) is 7.51. The third-order valence-corrected chi connectivity index (χ3v) is 4.96. The van der Waals surface area contributed by atoms with Crippen molar-refractivity contribution in [1.29, 1.82) is 0 Å². The minimum Gasteiger partial charge on any atom is -0.316 e. The number of halogens is 1. The van der Waals surface area contributed by atoms with E-state index in [0.29, 0.717) is 13.1 Å². The van der Waals surface area contributed by atoms with E-state index >= 15 is 0 Å². The maximum atomic E-state index is 13.0. The molecule has 3 aromatic rings. The van der Waals surface area contributed by atoms with E-state index in [-0.39, 0.29) is 6.03 Å². The zero-order chi connectivity index (χ0) is 19.8. The Kier molecular flexibility index (Phi) is 7.04. The van der Waals surface area contributed by atoms with Gasteiger partial charge in [0, 0.05) is 17.6 Å². The van der Waals surface area contributed by atoms with E-state index in [1.165, 1.54) is 0 Å². The van der Waals surface area contributed by atoms with Gasteiger partial charge in [-0.3, -0.25) is 0 Å². The largest absolute Gasteiger partial charge is 0.322 e. The molecule has 0 unspecified atom stereocenters. The van der Waals surface area contributed by atoms with E-state index in [1.807, 2.05) is 77.7 Å². The molecule has 28 heavy (non-hydrogen) atoms. The summed E-state index contributed by atoms with van der Waals surface area (Å²) in [7, 11) is 0. The van der Waals surface area contributed by atoms with Crippen molar-refractivity contribution in [3.05, 3.63) is 106 Å². The highest BCUT2D eigenvalue weighted by molar-refractivity contribution is 9.10. The predicted octanol–water partition coefficient (Wildman–Crippen LogP) is 6.59. The number of urea groups is 1. The van der Waals surface area contributed by atoms with Crippen LogP contribution in [-0.2, 0) is 6.54 Å². The third-order valence-electron chi connectivity index (χ3n) is 4.27. The van der Waals surface area contributed by atoms with Gasteiger partial charge in [0.2, 0.25) is 0 Å². The summed E-state index contributed by atoms with van der Waals surface area (Å²) in [5, 5.41) is 3.01. The molecule has 0 radical (unpaired) electrons. The van der Waals surface area contributed by atoms with Crippen molar-refractivity contribution >= 4 is 33.7 Å². The Morgan fingerprint density at radius 3 is 2.21 bits per heavy atom. The third kappa shape index (κ3) is 5.83. The van der Waals surface area contributed by atoms with E-state index in [0.717, 1.165) is 26.9 Å². The highest BCUT2D eigenvalue weighted by Crippen LogP contribution is 2.22. The van der Waals surface area contributed by atoms with Crippen molar-refractivity contribution in [2.75, 3.05) is 11.9 Å². The van der Waals surface area contributed by atoms with Crippen LogP contribution in [0.2, 0.25) is 0 Å². The fraction of sp³-hybridized carbons (Fsp3) is 0.125. The highest BCUT2D eigenvalue weighted by atomic mass is 79.9. The van der Waals surface area contributed by atoms with Gasteiger partial charge in [0.25, 0.3) is 0 Å². The van der Waals surface area contributed by atoms with Gasteiger partial charge in [-0.15, -0.1) is 0 Å². The van der Waals surface area contributed by atoms with Crippen LogP contribution < -0.4 is 5.32 Å². The summed E-state index contributed by atoms with van der Waals surface area (Å²) in [5.74, 6) is 0. The van der Waals surface area contributed by atoms with Gasteiger partial charge in [0.1, 0.15) is 0 Å². The minimum atomic E-state index is -0.128. The molecule has 3 aromatic carbocycles. The molecular formula is C24H23BrN2O. The molecule has 4 heteroatoms. The molecule has 0 aliphatic carbocycles. The number of amides is 2. The number of hydrogen-bond donors (Lipinski definition) is 1. The molecule has 0 spiro atoms. The van der Waals surface area contributed by atoms with E-state index in [9.17, 15) is 4.79 Å². The first-order valence-electron chi connectivity index (χ1n) is 9.18. The number of nitrogens with one attached hydrogen (secondary N) is 1. The average molecular weight is 435 g/mol. The second kappa shape index (κ2) is 9.90. The molecule has 2 amide bonds. The fourth-order valence-corrected chi connectivity index (χ4v) is 3.32. The summed E-state index contributed by atoms with van der Waals surface area (Å²) in [4.78, 5) is 14.8. The van der Waals surface area contributed by atoms with Crippen LogP contribution in [0.3, 0.4) is 0 Å². The van der Waals surface area contributed by atoms with Gasteiger partial charge in [-0.1, -0.05) is 84.4 Å². The van der Waals surface area contributed by atoms with Crippen LogP contribution in [0.4, 0.5) is 10.5 Å². The van der Waals surface area contributed by atoms with Crippen molar-refractivity contribution in [3.8, 4) is 0 Å². The summed E-state index contributed by atoms with van der Waals surface area (Å²) < 4.78 is 0.861. The number of benzene rings is 3. The molecule has 0 fully saturated rings. The average Bonchev–Trinajstić information content (AvgIpc) is 2.71. The molecule has 0 heterocycles. The van der Waals surface area contributed by atoms with E-state index in [2.05, 4.69) is 46.4 Å². The van der Waals surface area contributed by atoms with Crippen LogP contribution in [0.1, 0.15) is 18.1 Å². The first-order chi connectivity index (χ1) is 13.6. The fourth-order valence-electron chi connectivity index (χ4n) is 2.94. The van der Waals surface area contributed by atoms with E-state index in [1.54, 1.807) is 0 Å². The van der Waals surface area contributed by atoms with Gasteiger partial charge in [0.15, 0.2) is 0 Å². The number of hydrogen-bond acceptors (Lipinski definition) is 1. The number of carbonyl (C=O) groups excluding carboxylic acids is 1. The first-order valence-corrected chi connectivity index (χ1v) is 9.98. The number of nitrogens with zero attached hydrogens (tertiary/aromatic N) is 1. The molecule has 0 aliphatic rings. The number of rotatable bonds is 6. The Morgan fingerprint density at radius 1 is 0.929 bits per heavy atom. The number of carbonyl (C=O) groups is 1. The topological polar surface area (TPSA) is 32.3 Å². The van der Waals surface area contributed by atoms with Gasteiger partial charge in [-0.2, -0.15) is 0 Å². The molecule has 0 bridgehead atoms. The number of anilines is 1. The Bertz CT molecular complexity index is 939. The molecule has 3 nitrogen and oxygen atoms in total. The lowest BCUT2D eigenvalue weighted by atomic mass is 10.1. The predicted molar refractivity (Wildman–Crippen MR) is 120 cm³/mol. The van der Waals surface area contributed by atoms with Crippen LogP contribution in [0.25, 0.3) is 6.08 Å². The summed E-state index contributed by atoms with van der Waals surface area (Å²) in [5.41, 5.74) is 4.10. The van der Waals surface area contributed by atoms with Crippen molar-refractivity contribution in [3.63, 3.8) is 0 Å². The van der Waals surface area contributed by atoms with Crippen molar-refractivity contribution in [2.45, 2.75) is 13.5 Å². The van der Waals surface area contributed by atoms with Crippen molar-refractivity contribution < 1.29 is 4.79 Å². The van der Waals surface area contributed by atoms with Crippen molar-refractivity contribution in [1.82, 2.24) is 4.90 Å². The molecule has 142 valence electrons. The lowest BCUT2D eigenvalue weighted by Gasteiger charge is -2.24. The minimum absolute atomic E-state index is 0.128. The molecule has 0 aliphatic heterocycles. The summed E-state index contributed by atoms with van der Waals surface area (Å²) in [6, 6.07) is 27.7. The zero-order valence-corrected chi connectivity index (χ0v) is 17.4. The Hall–Kier alpha value is -2.85. The normalized spacial score (nSPS) is 11.1. The molecule has 0 aromatic heterocycles. The van der Waals surface area contributed by atoms with E-state index in [4.69, 9.17) is 0 Å². The summed E-state index contributed by atoms with van der Waals surface area (Å²) in [6.07, 6.45) is 2.11. The maximum Gasteiger partial charge on any atom is 0.322 e. The van der Waals surface area contributed by atoms with Gasteiger partial charge in [-0.25, -0.2) is 4.79 Å². The van der Waals surface area contributed by atoms with Crippen LogP contribution in [0.5, 0.6) is 0 Å². The molecule has 0 atom stereocenters.